The number of pyridine rings is 1. The summed E-state index contributed by atoms with van der Waals surface area (Å²) in [5.41, 5.74) is 4.90. The number of hydrogen-bond acceptors (Lipinski definition) is 3. The van der Waals surface area contributed by atoms with Crippen molar-refractivity contribution < 1.29 is 4.79 Å². The quantitative estimate of drug-likeness (QED) is 0.774. The van der Waals surface area contributed by atoms with Gasteiger partial charge in [-0.05, 0) is 38.2 Å². The average molecular weight is 251 g/mol. The van der Waals surface area contributed by atoms with Gasteiger partial charge in [0.05, 0.1) is 0 Å². The molecular formula is C13H21N3O2. The van der Waals surface area contributed by atoms with Crippen molar-refractivity contribution in [3.63, 3.8) is 0 Å². The van der Waals surface area contributed by atoms with Crippen LogP contribution in [0.3, 0.4) is 0 Å². The van der Waals surface area contributed by atoms with Gasteiger partial charge in [0.15, 0.2) is 0 Å². The molecule has 0 radical (unpaired) electrons. The van der Waals surface area contributed by atoms with Crippen LogP contribution in [0.4, 0.5) is 0 Å². The van der Waals surface area contributed by atoms with Gasteiger partial charge in [-0.1, -0.05) is 13.8 Å². The van der Waals surface area contributed by atoms with Crippen molar-refractivity contribution in [3.8, 4) is 0 Å². The van der Waals surface area contributed by atoms with Crippen molar-refractivity contribution in [2.24, 2.45) is 5.73 Å². The number of aryl methyl sites for hydroxylation is 1. The minimum atomic E-state index is -0.668. The van der Waals surface area contributed by atoms with E-state index in [9.17, 15) is 9.59 Å². The van der Waals surface area contributed by atoms with E-state index < -0.39 is 5.91 Å². The minimum Gasteiger partial charge on any atom is -0.365 e. The third kappa shape index (κ3) is 3.70. The van der Waals surface area contributed by atoms with E-state index in [1.54, 1.807) is 16.8 Å². The van der Waals surface area contributed by atoms with Crippen LogP contribution in [0.15, 0.2) is 23.1 Å². The van der Waals surface area contributed by atoms with Crippen LogP contribution in [0.5, 0.6) is 0 Å². The van der Waals surface area contributed by atoms with Crippen LogP contribution < -0.4 is 11.3 Å². The number of nitrogens with zero attached hydrogens (tertiary/aromatic N) is 2. The number of nitrogens with two attached hydrogens (primary N) is 1. The molecule has 1 amide bonds. The normalized spacial score (nSPS) is 10.8. The Morgan fingerprint density at radius 1 is 1.39 bits per heavy atom. The van der Waals surface area contributed by atoms with Gasteiger partial charge in [0, 0.05) is 12.7 Å². The topological polar surface area (TPSA) is 68.3 Å². The lowest BCUT2D eigenvalue weighted by Crippen LogP contribution is -2.30. The molecular weight excluding hydrogens is 230 g/mol. The number of carbonyl (C=O) groups is 1. The summed E-state index contributed by atoms with van der Waals surface area (Å²) in [5, 5.41) is 0. The Morgan fingerprint density at radius 3 is 2.61 bits per heavy atom. The summed E-state index contributed by atoms with van der Waals surface area (Å²) in [6.07, 6.45) is 2.57. The van der Waals surface area contributed by atoms with Crippen LogP contribution in [0.25, 0.3) is 0 Å². The second kappa shape index (κ2) is 6.96. The third-order valence-electron chi connectivity index (χ3n) is 3.05. The first-order chi connectivity index (χ1) is 8.60. The number of aromatic nitrogens is 1. The monoisotopic (exact) mass is 251 g/mol. The van der Waals surface area contributed by atoms with Crippen molar-refractivity contribution in [2.75, 3.05) is 19.6 Å². The van der Waals surface area contributed by atoms with Crippen molar-refractivity contribution in [1.82, 2.24) is 9.47 Å². The Balaban J connectivity index is 2.66. The fourth-order valence-corrected chi connectivity index (χ4v) is 1.90. The van der Waals surface area contributed by atoms with Gasteiger partial charge in [-0.2, -0.15) is 0 Å². The van der Waals surface area contributed by atoms with Crippen LogP contribution in [0, 0.1) is 0 Å². The summed E-state index contributed by atoms with van der Waals surface area (Å²) in [5.74, 6) is -0.668. The van der Waals surface area contributed by atoms with Gasteiger partial charge in [-0.3, -0.25) is 9.59 Å². The minimum absolute atomic E-state index is 0.0559. The molecule has 1 aromatic rings. The predicted molar refractivity (Wildman–Crippen MR) is 71.6 cm³/mol. The molecule has 5 heteroatoms. The summed E-state index contributed by atoms with van der Waals surface area (Å²) in [6, 6.07) is 3.14. The lowest BCUT2D eigenvalue weighted by Gasteiger charge is -2.17. The molecule has 2 N–H and O–H groups in total. The SMILES string of the molecule is CCN(CC)CCCn1cccc(C(N)=O)c1=O. The van der Waals surface area contributed by atoms with Crippen molar-refractivity contribution in [1.29, 1.82) is 0 Å². The molecule has 1 aromatic heterocycles. The highest BCUT2D eigenvalue weighted by Crippen LogP contribution is 1.95. The molecule has 0 saturated heterocycles. The van der Waals surface area contributed by atoms with Gasteiger partial charge in [0.25, 0.3) is 11.5 Å². The molecule has 0 fully saturated rings. The highest BCUT2D eigenvalue weighted by molar-refractivity contribution is 5.92. The Kier molecular flexibility index (Phi) is 5.58. The number of rotatable bonds is 7. The zero-order chi connectivity index (χ0) is 13.5. The maximum absolute atomic E-state index is 11.9. The molecule has 5 nitrogen and oxygen atoms in total. The molecule has 1 heterocycles. The van der Waals surface area contributed by atoms with Gasteiger partial charge in [0.1, 0.15) is 5.56 Å². The average Bonchev–Trinajstić information content (AvgIpc) is 2.36. The Morgan fingerprint density at radius 2 is 2.06 bits per heavy atom. The number of hydrogen-bond donors (Lipinski definition) is 1. The number of primary amides is 1. The third-order valence-corrected chi connectivity index (χ3v) is 3.05. The molecule has 0 bridgehead atoms. The van der Waals surface area contributed by atoms with E-state index in [1.807, 2.05) is 0 Å². The van der Waals surface area contributed by atoms with Crippen molar-refractivity contribution in [2.45, 2.75) is 26.8 Å². The van der Waals surface area contributed by atoms with Crippen LogP contribution in [-0.4, -0.2) is 35.0 Å². The largest absolute Gasteiger partial charge is 0.365 e. The van der Waals surface area contributed by atoms with E-state index in [0.717, 1.165) is 26.1 Å². The lowest BCUT2D eigenvalue weighted by atomic mass is 10.2. The first-order valence-electron chi connectivity index (χ1n) is 6.31. The van der Waals surface area contributed by atoms with Gasteiger partial charge in [-0.25, -0.2) is 0 Å². The van der Waals surface area contributed by atoms with Crippen LogP contribution in [0.1, 0.15) is 30.6 Å². The Labute approximate surface area is 107 Å². The highest BCUT2D eigenvalue weighted by Gasteiger charge is 2.08. The smallest absolute Gasteiger partial charge is 0.263 e. The molecule has 0 aliphatic carbocycles. The van der Waals surface area contributed by atoms with Crippen molar-refractivity contribution in [3.05, 3.63) is 34.2 Å². The zero-order valence-electron chi connectivity index (χ0n) is 11.1. The predicted octanol–water partition coefficient (Wildman–Crippen LogP) is 0.679. The Hall–Kier alpha value is -1.62. The standard InChI is InChI=1S/C13H21N3O2/c1-3-15(4-2)8-6-10-16-9-5-7-11(12(14)17)13(16)18/h5,7,9H,3-4,6,8,10H2,1-2H3,(H2,14,17). The zero-order valence-corrected chi connectivity index (χ0v) is 11.1. The van der Waals surface area contributed by atoms with Crippen LogP contribution in [0.2, 0.25) is 0 Å². The summed E-state index contributed by atoms with van der Waals surface area (Å²) < 4.78 is 1.55. The van der Waals surface area contributed by atoms with E-state index in [2.05, 4.69) is 18.7 Å². The fourth-order valence-electron chi connectivity index (χ4n) is 1.90. The maximum Gasteiger partial charge on any atom is 0.263 e. The number of carbonyl (C=O) groups excluding carboxylic acids is 1. The van der Waals surface area contributed by atoms with Crippen LogP contribution >= 0.6 is 0 Å². The number of amides is 1. The van der Waals surface area contributed by atoms with Gasteiger partial charge < -0.3 is 15.2 Å². The molecule has 0 saturated carbocycles. The summed E-state index contributed by atoms with van der Waals surface area (Å²) in [6.45, 7) is 7.79. The van der Waals surface area contributed by atoms with Crippen LogP contribution in [-0.2, 0) is 6.54 Å². The second-order valence-electron chi connectivity index (χ2n) is 4.17. The van der Waals surface area contributed by atoms with E-state index in [0.29, 0.717) is 6.54 Å². The lowest BCUT2D eigenvalue weighted by molar-refractivity contribution is 0.0998. The van der Waals surface area contributed by atoms with Crippen molar-refractivity contribution >= 4 is 5.91 Å². The second-order valence-corrected chi connectivity index (χ2v) is 4.17. The molecule has 0 unspecified atom stereocenters. The summed E-state index contributed by atoms with van der Waals surface area (Å²) >= 11 is 0. The van der Waals surface area contributed by atoms with E-state index in [4.69, 9.17) is 5.73 Å². The van der Waals surface area contributed by atoms with E-state index in [1.165, 1.54) is 6.07 Å². The molecule has 0 spiro atoms. The van der Waals surface area contributed by atoms with Gasteiger partial charge in [0.2, 0.25) is 0 Å². The molecule has 0 aliphatic rings. The molecule has 1 rings (SSSR count). The summed E-state index contributed by atoms with van der Waals surface area (Å²) in [7, 11) is 0. The van der Waals surface area contributed by atoms with E-state index >= 15 is 0 Å². The molecule has 100 valence electrons. The maximum atomic E-state index is 11.9. The first kappa shape index (κ1) is 14.4. The molecule has 0 aliphatic heterocycles. The summed E-state index contributed by atoms with van der Waals surface area (Å²) in [4.78, 5) is 25.2. The highest BCUT2D eigenvalue weighted by atomic mass is 16.2. The van der Waals surface area contributed by atoms with E-state index in [-0.39, 0.29) is 11.1 Å². The molecule has 0 aromatic carbocycles. The molecule has 18 heavy (non-hydrogen) atoms. The fraction of sp³-hybridized carbons (Fsp3) is 0.538. The first-order valence-corrected chi connectivity index (χ1v) is 6.31. The van der Waals surface area contributed by atoms with Gasteiger partial charge in [-0.15, -0.1) is 0 Å². The van der Waals surface area contributed by atoms with Gasteiger partial charge >= 0.3 is 0 Å². The molecule has 0 atom stereocenters. The Bertz CT molecular complexity index is 450.